The lowest BCUT2D eigenvalue weighted by molar-refractivity contribution is 0.141. The fourth-order valence-electron chi connectivity index (χ4n) is 0.766. The summed E-state index contributed by atoms with van der Waals surface area (Å²) in [5.41, 5.74) is 4.78. The molecule has 0 amide bonds. The third-order valence-electron chi connectivity index (χ3n) is 1.27. The first-order valence-electron chi connectivity index (χ1n) is 3.09. The first kappa shape index (κ1) is 8.63. The van der Waals surface area contributed by atoms with E-state index in [0.29, 0.717) is 0 Å². The van der Waals surface area contributed by atoms with E-state index in [4.69, 9.17) is 5.73 Å². The van der Waals surface area contributed by atoms with Crippen molar-refractivity contribution < 1.29 is 13.5 Å². The van der Waals surface area contributed by atoms with Crippen molar-refractivity contribution in [3.8, 4) is 5.75 Å². The Labute approximate surface area is 67.4 Å². The van der Waals surface area contributed by atoms with Crippen LogP contribution in [-0.2, 0) is 0 Å². The number of hydrogen-bond acceptors (Lipinski definition) is 4. The second-order valence-corrected chi connectivity index (χ2v) is 1.98. The average molecular weight is 175 g/mol. The standard InChI is InChI=1S/C6H7F2N3O/c1-12-4-3(5(7)8)10-2-11-6(4)9/h2,5H,1H3,(H2,9,10,11). The molecular weight excluding hydrogens is 168 g/mol. The largest absolute Gasteiger partial charge is 0.491 e. The highest BCUT2D eigenvalue weighted by molar-refractivity contribution is 5.48. The smallest absolute Gasteiger partial charge is 0.284 e. The highest BCUT2D eigenvalue weighted by atomic mass is 19.3. The molecule has 66 valence electrons. The van der Waals surface area contributed by atoms with Crippen molar-refractivity contribution in [2.45, 2.75) is 6.43 Å². The number of aromatic nitrogens is 2. The summed E-state index contributed by atoms with van der Waals surface area (Å²) in [5.74, 6) is -0.240. The fourth-order valence-corrected chi connectivity index (χ4v) is 0.766. The van der Waals surface area contributed by atoms with Crippen LogP contribution in [0.4, 0.5) is 14.6 Å². The van der Waals surface area contributed by atoms with Crippen molar-refractivity contribution in [3.05, 3.63) is 12.0 Å². The van der Waals surface area contributed by atoms with Crippen molar-refractivity contribution in [1.29, 1.82) is 0 Å². The van der Waals surface area contributed by atoms with E-state index in [0.717, 1.165) is 6.33 Å². The van der Waals surface area contributed by atoms with E-state index in [-0.39, 0.29) is 11.6 Å². The predicted molar refractivity (Wildman–Crippen MR) is 38.0 cm³/mol. The lowest BCUT2D eigenvalue weighted by Gasteiger charge is -2.06. The van der Waals surface area contributed by atoms with Gasteiger partial charge in [-0.15, -0.1) is 0 Å². The lowest BCUT2D eigenvalue weighted by atomic mass is 10.3. The summed E-state index contributed by atoms with van der Waals surface area (Å²) in [6, 6.07) is 0. The maximum absolute atomic E-state index is 12.2. The van der Waals surface area contributed by atoms with Crippen LogP contribution in [0.15, 0.2) is 6.33 Å². The van der Waals surface area contributed by atoms with Gasteiger partial charge in [-0.2, -0.15) is 0 Å². The second kappa shape index (κ2) is 3.29. The molecule has 0 aliphatic heterocycles. The van der Waals surface area contributed by atoms with Gasteiger partial charge >= 0.3 is 0 Å². The van der Waals surface area contributed by atoms with E-state index in [1.807, 2.05) is 0 Å². The van der Waals surface area contributed by atoms with Gasteiger partial charge in [0.15, 0.2) is 17.3 Å². The number of hydrogen-bond donors (Lipinski definition) is 1. The maximum Gasteiger partial charge on any atom is 0.284 e. The van der Waals surface area contributed by atoms with Gasteiger partial charge in [-0.05, 0) is 0 Å². The van der Waals surface area contributed by atoms with E-state index >= 15 is 0 Å². The van der Waals surface area contributed by atoms with Crippen LogP contribution in [0.3, 0.4) is 0 Å². The minimum Gasteiger partial charge on any atom is -0.491 e. The van der Waals surface area contributed by atoms with Gasteiger partial charge in [0, 0.05) is 0 Å². The lowest BCUT2D eigenvalue weighted by Crippen LogP contribution is -2.02. The van der Waals surface area contributed by atoms with E-state index in [1.165, 1.54) is 7.11 Å². The number of nitrogens with zero attached hydrogens (tertiary/aromatic N) is 2. The van der Waals surface area contributed by atoms with Crippen LogP contribution in [0.1, 0.15) is 12.1 Å². The molecule has 0 bridgehead atoms. The van der Waals surface area contributed by atoms with E-state index in [9.17, 15) is 8.78 Å². The van der Waals surface area contributed by atoms with Crippen LogP contribution in [0.25, 0.3) is 0 Å². The Kier molecular flexibility index (Phi) is 2.37. The zero-order valence-electron chi connectivity index (χ0n) is 6.29. The fraction of sp³-hybridized carbons (Fsp3) is 0.333. The molecule has 0 spiro atoms. The van der Waals surface area contributed by atoms with Crippen molar-refractivity contribution in [2.75, 3.05) is 12.8 Å². The molecule has 0 aromatic carbocycles. The molecular formula is C6H7F2N3O. The van der Waals surface area contributed by atoms with Gasteiger partial charge in [-0.25, -0.2) is 18.7 Å². The highest BCUT2D eigenvalue weighted by Crippen LogP contribution is 2.29. The van der Waals surface area contributed by atoms with Gasteiger partial charge < -0.3 is 10.5 Å². The van der Waals surface area contributed by atoms with E-state index < -0.39 is 12.1 Å². The summed E-state index contributed by atoms with van der Waals surface area (Å²) in [4.78, 5) is 6.85. The van der Waals surface area contributed by atoms with Crippen LogP contribution in [0.5, 0.6) is 5.75 Å². The molecule has 1 aromatic heterocycles. The third kappa shape index (κ3) is 1.41. The minimum absolute atomic E-state index is 0.0807. The third-order valence-corrected chi connectivity index (χ3v) is 1.27. The van der Waals surface area contributed by atoms with Crippen molar-refractivity contribution in [2.24, 2.45) is 0 Å². The number of ether oxygens (including phenoxy) is 1. The van der Waals surface area contributed by atoms with Crippen LogP contribution < -0.4 is 10.5 Å². The second-order valence-electron chi connectivity index (χ2n) is 1.98. The Balaban J connectivity index is 3.18. The molecule has 0 saturated carbocycles. The molecule has 6 heteroatoms. The first-order chi connectivity index (χ1) is 5.66. The molecule has 12 heavy (non-hydrogen) atoms. The van der Waals surface area contributed by atoms with Crippen molar-refractivity contribution in [3.63, 3.8) is 0 Å². The molecule has 0 saturated heterocycles. The van der Waals surface area contributed by atoms with Gasteiger partial charge in [0.2, 0.25) is 0 Å². The van der Waals surface area contributed by atoms with Crippen LogP contribution in [0.2, 0.25) is 0 Å². The van der Waals surface area contributed by atoms with Crippen LogP contribution in [0, 0.1) is 0 Å². The molecule has 0 atom stereocenters. The molecule has 0 radical (unpaired) electrons. The number of nitrogen functional groups attached to an aromatic ring is 1. The Morgan fingerprint density at radius 3 is 2.58 bits per heavy atom. The molecule has 1 heterocycles. The van der Waals surface area contributed by atoms with Crippen molar-refractivity contribution >= 4 is 5.82 Å². The molecule has 2 N–H and O–H groups in total. The molecule has 0 aliphatic carbocycles. The zero-order chi connectivity index (χ0) is 9.14. The average Bonchev–Trinajstić information content (AvgIpc) is 2.03. The number of methoxy groups -OCH3 is 1. The molecule has 4 nitrogen and oxygen atoms in total. The number of anilines is 1. The van der Waals surface area contributed by atoms with Gasteiger partial charge in [0.25, 0.3) is 6.43 Å². The van der Waals surface area contributed by atoms with E-state index in [1.54, 1.807) is 0 Å². The molecule has 0 aliphatic rings. The van der Waals surface area contributed by atoms with Crippen LogP contribution in [-0.4, -0.2) is 17.1 Å². The predicted octanol–water partition coefficient (Wildman–Crippen LogP) is 1.01. The van der Waals surface area contributed by atoms with Crippen molar-refractivity contribution in [1.82, 2.24) is 9.97 Å². The number of nitrogens with two attached hydrogens (primary N) is 1. The summed E-state index contributed by atoms with van der Waals surface area (Å²) in [7, 11) is 1.24. The van der Waals surface area contributed by atoms with Gasteiger partial charge in [0.1, 0.15) is 6.33 Å². The Morgan fingerprint density at radius 1 is 1.50 bits per heavy atom. The monoisotopic (exact) mass is 175 g/mol. The molecule has 0 unspecified atom stereocenters. The Bertz CT molecular complexity index is 279. The SMILES string of the molecule is COc1c(N)ncnc1C(F)F. The molecule has 0 fully saturated rings. The number of halogens is 2. The quantitative estimate of drug-likeness (QED) is 0.728. The summed E-state index contributed by atoms with van der Waals surface area (Å²) < 4.78 is 28.9. The maximum atomic E-state index is 12.2. The summed E-state index contributed by atoms with van der Waals surface area (Å²) in [6.07, 6.45) is -1.73. The normalized spacial score (nSPS) is 10.3. The molecule has 1 rings (SSSR count). The van der Waals surface area contributed by atoms with Gasteiger partial charge in [0.05, 0.1) is 7.11 Å². The summed E-state index contributed by atoms with van der Waals surface area (Å²) in [6.45, 7) is 0. The Hall–Kier alpha value is -1.46. The van der Waals surface area contributed by atoms with E-state index in [2.05, 4.69) is 14.7 Å². The molecule has 1 aromatic rings. The zero-order valence-corrected chi connectivity index (χ0v) is 6.29. The Morgan fingerprint density at radius 2 is 2.17 bits per heavy atom. The topological polar surface area (TPSA) is 61.0 Å². The summed E-state index contributed by atoms with van der Waals surface area (Å²) >= 11 is 0. The van der Waals surface area contributed by atoms with Gasteiger partial charge in [-0.3, -0.25) is 0 Å². The summed E-state index contributed by atoms with van der Waals surface area (Å²) in [5, 5.41) is 0. The van der Waals surface area contributed by atoms with Crippen LogP contribution >= 0.6 is 0 Å². The number of alkyl halides is 2. The minimum atomic E-state index is -2.70. The first-order valence-corrected chi connectivity index (χ1v) is 3.09. The van der Waals surface area contributed by atoms with Gasteiger partial charge in [-0.1, -0.05) is 0 Å². The highest BCUT2D eigenvalue weighted by Gasteiger charge is 2.17. The number of rotatable bonds is 2.